The van der Waals surface area contributed by atoms with Crippen LogP contribution in [0.3, 0.4) is 0 Å². The zero-order valence-electron chi connectivity index (χ0n) is 8.59. The average molecular weight is 202 g/mol. The predicted molar refractivity (Wildman–Crippen MR) is 58.6 cm³/mol. The van der Waals surface area contributed by atoms with Crippen molar-refractivity contribution in [2.75, 3.05) is 0 Å². The molecule has 0 radical (unpaired) electrons. The topological polar surface area (TPSA) is 48.9 Å². The largest absolute Gasteiger partial charge is 0.392 e. The molecule has 2 atom stereocenters. The summed E-state index contributed by atoms with van der Waals surface area (Å²) in [4.78, 5) is 0. The Morgan fingerprint density at radius 1 is 1.20 bits per heavy atom. The van der Waals surface area contributed by atoms with Crippen molar-refractivity contribution in [1.82, 2.24) is 10.2 Å². The number of hydrogen-bond donors (Lipinski definition) is 2. The van der Waals surface area contributed by atoms with Gasteiger partial charge >= 0.3 is 0 Å². The van der Waals surface area contributed by atoms with Crippen LogP contribution in [0.25, 0.3) is 0 Å². The van der Waals surface area contributed by atoms with Crippen molar-refractivity contribution in [1.29, 1.82) is 0 Å². The van der Waals surface area contributed by atoms with Gasteiger partial charge in [-0.3, -0.25) is 5.10 Å². The standard InChI is InChI=1S/C12H14N2O/c1-9(15)12(11-7-8-13-14-11)10-5-3-2-4-6-10/h2-9,12,15H,1H3,(H,13,14). The molecule has 2 aromatic rings. The van der Waals surface area contributed by atoms with Crippen LogP contribution in [0.2, 0.25) is 0 Å². The number of nitrogens with one attached hydrogen (secondary N) is 1. The van der Waals surface area contributed by atoms with Crippen LogP contribution in [-0.2, 0) is 0 Å². The van der Waals surface area contributed by atoms with Crippen LogP contribution in [0.15, 0.2) is 42.6 Å². The number of benzene rings is 1. The molecular formula is C12H14N2O. The maximum Gasteiger partial charge on any atom is 0.0636 e. The third-order valence-corrected chi connectivity index (χ3v) is 2.50. The lowest BCUT2D eigenvalue weighted by Crippen LogP contribution is -2.16. The van der Waals surface area contributed by atoms with E-state index in [-0.39, 0.29) is 5.92 Å². The third kappa shape index (κ3) is 2.07. The van der Waals surface area contributed by atoms with E-state index in [1.165, 1.54) is 0 Å². The summed E-state index contributed by atoms with van der Waals surface area (Å²) in [6.45, 7) is 1.79. The summed E-state index contributed by atoms with van der Waals surface area (Å²) in [5.74, 6) is -0.0336. The average Bonchev–Trinajstić information content (AvgIpc) is 2.72. The summed E-state index contributed by atoms with van der Waals surface area (Å²) in [6, 6.07) is 11.8. The molecule has 1 aromatic heterocycles. The molecule has 0 bridgehead atoms. The highest BCUT2D eigenvalue weighted by Crippen LogP contribution is 2.25. The molecule has 15 heavy (non-hydrogen) atoms. The highest BCUT2D eigenvalue weighted by Gasteiger charge is 2.20. The zero-order chi connectivity index (χ0) is 10.7. The van der Waals surface area contributed by atoms with Gasteiger partial charge in [0.25, 0.3) is 0 Å². The van der Waals surface area contributed by atoms with E-state index < -0.39 is 6.10 Å². The second-order valence-corrected chi connectivity index (χ2v) is 3.64. The van der Waals surface area contributed by atoms with E-state index in [4.69, 9.17) is 0 Å². The van der Waals surface area contributed by atoms with E-state index in [1.54, 1.807) is 13.1 Å². The number of nitrogens with zero attached hydrogens (tertiary/aromatic N) is 1. The molecule has 3 nitrogen and oxygen atoms in total. The Hall–Kier alpha value is -1.61. The Bertz CT molecular complexity index is 395. The molecular weight excluding hydrogens is 188 g/mol. The summed E-state index contributed by atoms with van der Waals surface area (Å²) < 4.78 is 0. The minimum atomic E-state index is -0.437. The molecule has 78 valence electrons. The van der Waals surface area contributed by atoms with Gasteiger partial charge in [-0.05, 0) is 18.6 Å². The maximum absolute atomic E-state index is 9.79. The Labute approximate surface area is 88.8 Å². The Kier molecular flexibility index (Phi) is 2.83. The Balaban J connectivity index is 2.37. The Morgan fingerprint density at radius 2 is 1.93 bits per heavy atom. The first-order valence-corrected chi connectivity index (χ1v) is 5.01. The summed E-state index contributed by atoms with van der Waals surface area (Å²) in [7, 11) is 0. The van der Waals surface area contributed by atoms with E-state index in [0.717, 1.165) is 11.3 Å². The van der Waals surface area contributed by atoms with Gasteiger partial charge in [0.05, 0.1) is 12.0 Å². The van der Waals surface area contributed by atoms with Gasteiger partial charge in [0.15, 0.2) is 0 Å². The molecule has 0 aliphatic carbocycles. The van der Waals surface area contributed by atoms with Crippen molar-refractivity contribution in [3.8, 4) is 0 Å². The lowest BCUT2D eigenvalue weighted by molar-refractivity contribution is 0.175. The highest BCUT2D eigenvalue weighted by molar-refractivity contribution is 5.28. The maximum atomic E-state index is 9.79. The number of aliphatic hydroxyl groups excluding tert-OH is 1. The van der Waals surface area contributed by atoms with Gasteiger partial charge in [0, 0.05) is 11.9 Å². The third-order valence-electron chi connectivity index (χ3n) is 2.50. The van der Waals surface area contributed by atoms with Gasteiger partial charge in [-0.25, -0.2) is 0 Å². The fraction of sp³-hybridized carbons (Fsp3) is 0.250. The second-order valence-electron chi connectivity index (χ2n) is 3.64. The van der Waals surface area contributed by atoms with Gasteiger partial charge in [0.2, 0.25) is 0 Å². The molecule has 0 amide bonds. The summed E-state index contributed by atoms with van der Waals surface area (Å²) >= 11 is 0. The molecule has 0 aliphatic heterocycles. The lowest BCUT2D eigenvalue weighted by atomic mass is 9.91. The van der Waals surface area contributed by atoms with Gasteiger partial charge in [-0.1, -0.05) is 30.3 Å². The SMILES string of the molecule is CC(O)C(c1ccccc1)c1ccn[nH]1. The van der Waals surface area contributed by atoms with E-state index >= 15 is 0 Å². The number of hydrogen-bond acceptors (Lipinski definition) is 2. The number of aromatic nitrogens is 2. The van der Waals surface area contributed by atoms with E-state index in [9.17, 15) is 5.11 Å². The van der Waals surface area contributed by atoms with Gasteiger partial charge in [-0.15, -0.1) is 0 Å². The fourth-order valence-corrected chi connectivity index (χ4v) is 1.82. The first-order valence-electron chi connectivity index (χ1n) is 5.01. The van der Waals surface area contributed by atoms with Crippen molar-refractivity contribution in [2.24, 2.45) is 0 Å². The minimum Gasteiger partial charge on any atom is -0.392 e. The molecule has 2 rings (SSSR count). The molecule has 2 unspecified atom stereocenters. The quantitative estimate of drug-likeness (QED) is 0.798. The first-order chi connectivity index (χ1) is 7.29. The van der Waals surface area contributed by atoms with Crippen molar-refractivity contribution in [3.05, 3.63) is 53.9 Å². The van der Waals surface area contributed by atoms with Gasteiger partial charge < -0.3 is 5.11 Å². The van der Waals surface area contributed by atoms with E-state index in [1.807, 2.05) is 36.4 Å². The molecule has 0 saturated carbocycles. The summed E-state index contributed by atoms with van der Waals surface area (Å²) in [5, 5.41) is 16.6. The lowest BCUT2D eigenvalue weighted by Gasteiger charge is -2.18. The molecule has 3 heteroatoms. The highest BCUT2D eigenvalue weighted by atomic mass is 16.3. The number of aliphatic hydroxyl groups is 1. The van der Waals surface area contributed by atoms with E-state index in [0.29, 0.717) is 0 Å². The summed E-state index contributed by atoms with van der Waals surface area (Å²) in [6.07, 6.45) is 1.26. The fourth-order valence-electron chi connectivity index (χ4n) is 1.82. The molecule has 0 aliphatic rings. The first kappa shape index (κ1) is 9.93. The van der Waals surface area contributed by atoms with Crippen molar-refractivity contribution in [2.45, 2.75) is 18.9 Å². The Morgan fingerprint density at radius 3 is 2.47 bits per heavy atom. The van der Waals surface area contributed by atoms with Crippen molar-refractivity contribution in [3.63, 3.8) is 0 Å². The molecule has 1 heterocycles. The molecule has 0 saturated heterocycles. The van der Waals surface area contributed by atoms with Gasteiger partial charge in [0.1, 0.15) is 0 Å². The minimum absolute atomic E-state index is 0.0336. The van der Waals surface area contributed by atoms with Gasteiger partial charge in [-0.2, -0.15) is 5.10 Å². The van der Waals surface area contributed by atoms with Crippen LogP contribution in [0.4, 0.5) is 0 Å². The van der Waals surface area contributed by atoms with Crippen molar-refractivity contribution >= 4 is 0 Å². The van der Waals surface area contributed by atoms with Crippen LogP contribution in [0, 0.1) is 0 Å². The van der Waals surface area contributed by atoms with Crippen LogP contribution in [-0.4, -0.2) is 21.4 Å². The van der Waals surface area contributed by atoms with E-state index in [2.05, 4.69) is 10.2 Å². The number of rotatable bonds is 3. The molecule has 0 fully saturated rings. The number of H-pyrrole nitrogens is 1. The zero-order valence-corrected chi connectivity index (χ0v) is 8.59. The number of aromatic amines is 1. The van der Waals surface area contributed by atoms with Crippen molar-refractivity contribution < 1.29 is 5.11 Å². The molecule has 2 N–H and O–H groups in total. The normalized spacial score (nSPS) is 14.8. The van der Waals surface area contributed by atoms with Crippen LogP contribution in [0.5, 0.6) is 0 Å². The molecule has 1 aromatic carbocycles. The van der Waals surface area contributed by atoms with Crippen LogP contribution >= 0.6 is 0 Å². The van der Waals surface area contributed by atoms with Crippen LogP contribution in [0.1, 0.15) is 24.1 Å². The van der Waals surface area contributed by atoms with Crippen LogP contribution < -0.4 is 0 Å². The summed E-state index contributed by atoms with van der Waals surface area (Å²) in [5.41, 5.74) is 2.04. The monoisotopic (exact) mass is 202 g/mol. The smallest absolute Gasteiger partial charge is 0.0636 e. The predicted octanol–water partition coefficient (Wildman–Crippen LogP) is 1.92. The molecule has 0 spiro atoms. The second kappa shape index (κ2) is 4.28.